The van der Waals surface area contributed by atoms with Gasteiger partial charge in [0.1, 0.15) is 5.92 Å². The maximum atomic E-state index is 11.2. The highest BCUT2D eigenvalue weighted by molar-refractivity contribution is 6.19. The molecule has 0 heterocycles. The summed E-state index contributed by atoms with van der Waals surface area (Å²) in [7, 11) is 0. The molecular formula is C13H15ClO2. The molecule has 0 spiro atoms. The van der Waals surface area contributed by atoms with Crippen LogP contribution in [0.5, 0.6) is 0 Å². The van der Waals surface area contributed by atoms with Crippen LogP contribution in [0.2, 0.25) is 0 Å². The molecule has 0 radical (unpaired) electrons. The van der Waals surface area contributed by atoms with Crippen LogP contribution in [0.15, 0.2) is 42.0 Å². The van der Waals surface area contributed by atoms with E-state index in [2.05, 4.69) is 0 Å². The van der Waals surface area contributed by atoms with Crippen LogP contribution in [-0.2, 0) is 4.79 Å². The number of carboxylic acid groups (broad SMARTS) is 1. The fourth-order valence-electron chi connectivity index (χ4n) is 1.46. The van der Waals surface area contributed by atoms with Crippen LogP contribution in [0.25, 0.3) is 0 Å². The minimum Gasteiger partial charge on any atom is -0.481 e. The van der Waals surface area contributed by atoms with Crippen molar-refractivity contribution in [2.24, 2.45) is 0 Å². The second-order valence-corrected chi connectivity index (χ2v) is 3.81. The van der Waals surface area contributed by atoms with Crippen LogP contribution in [0.3, 0.4) is 0 Å². The Morgan fingerprint density at radius 1 is 1.44 bits per heavy atom. The van der Waals surface area contributed by atoms with Gasteiger partial charge in [-0.1, -0.05) is 48.9 Å². The van der Waals surface area contributed by atoms with Gasteiger partial charge >= 0.3 is 5.97 Å². The molecule has 0 amide bonds. The Morgan fingerprint density at radius 2 is 2.06 bits per heavy atom. The Morgan fingerprint density at radius 3 is 2.50 bits per heavy atom. The van der Waals surface area contributed by atoms with Crippen LogP contribution < -0.4 is 0 Å². The molecule has 1 rings (SSSR count). The summed E-state index contributed by atoms with van der Waals surface area (Å²) < 4.78 is 0. The normalized spacial score (nSPS) is 13.5. The number of carbonyl (C=O) groups is 1. The van der Waals surface area contributed by atoms with Crippen molar-refractivity contribution in [1.82, 2.24) is 0 Å². The standard InChI is InChI=1S/C13H15ClO2/c1-2-10(9-14)8-12(13(15)16)11-6-4-3-5-7-11/h3-8,12H,2,9H2,1H3,(H,15,16)/t12-/m1/s1. The third-order valence-corrected chi connectivity index (χ3v) is 2.80. The van der Waals surface area contributed by atoms with Crippen molar-refractivity contribution in [1.29, 1.82) is 0 Å². The molecule has 0 unspecified atom stereocenters. The molecule has 0 aliphatic carbocycles. The zero-order chi connectivity index (χ0) is 12.0. The first-order valence-corrected chi connectivity index (χ1v) is 5.75. The Hall–Kier alpha value is -1.28. The van der Waals surface area contributed by atoms with Gasteiger partial charge in [0, 0.05) is 5.88 Å². The minimum absolute atomic E-state index is 0.382. The summed E-state index contributed by atoms with van der Waals surface area (Å²) in [5, 5.41) is 9.18. The van der Waals surface area contributed by atoms with Crippen molar-refractivity contribution >= 4 is 17.6 Å². The summed E-state index contributed by atoms with van der Waals surface area (Å²) in [4.78, 5) is 11.2. The summed E-state index contributed by atoms with van der Waals surface area (Å²) in [5.41, 5.74) is 1.74. The van der Waals surface area contributed by atoms with E-state index < -0.39 is 11.9 Å². The van der Waals surface area contributed by atoms with Crippen molar-refractivity contribution in [2.45, 2.75) is 19.3 Å². The molecule has 86 valence electrons. The maximum absolute atomic E-state index is 11.2. The molecule has 1 aromatic carbocycles. The molecule has 3 heteroatoms. The Balaban J connectivity index is 3.01. The number of benzene rings is 1. The SMILES string of the molecule is CCC(=C[C@@H](C(=O)O)c1ccccc1)CCl. The molecule has 0 aliphatic heterocycles. The molecule has 1 atom stereocenters. The van der Waals surface area contributed by atoms with E-state index in [1.54, 1.807) is 6.08 Å². The molecule has 0 aliphatic rings. The number of hydrogen-bond donors (Lipinski definition) is 1. The van der Waals surface area contributed by atoms with E-state index in [0.717, 1.165) is 17.6 Å². The van der Waals surface area contributed by atoms with Gasteiger partial charge in [-0.05, 0) is 12.0 Å². The lowest BCUT2D eigenvalue weighted by molar-refractivity contribution is -0.137. The fourth-order valence-corrected chi connectivity index (χ4v) is 1.74. The predicted octanol–water partition coefficient (Wildman–Crippen LogP) is 3.43. The topological polar surface area (TPSA) is 37.3 Å². The monoisotopic (exact) mass is 238 g/mol. The maximum Gasteiger partial charge on any atom is 0.314 e. The van der Waals surface area contributed by atoms with Gasteiger partial charge in [-0.25, -0.2) is 0 Å². The van der Waals surface area contributed by atoms with Crippen molar-refractivity contribution in [2.75, 3.05) is 5.88 Å². The van der Waals surface area contributed by atoms with Gasteiger partial charge in [0.05, 0.1) is 0 Å². The highest BCUT2D eigenvalue weighted by atomic mass is 35.5. The van der Waals surface area contributed by atoms with Crippen molar-refractivity contribution in [3.05, 3.63) is 47.5 Å². The lowest BCUT2D eigenvalue weighted by Gasteiger charge is -2.10. The Labute approximate surface area is 101 Å². The van der Waals surface area contributed by atoms with E-state index in [-0.39, 0.29) is 0 Å². The summed E-state index contributed by atoms with van der Waals surface area (Å²) >= 11 is 5.74. The van der Waals surface area contributed by atoms with Crippen molar-refractivity contribution in [3.8, 4) is 0 Å². The molecular weight excluding hydrogens is 224 g/mol. The highest BCUT2D eigenvalue weighted by Gasteiger charge is 2.17. The first kappa shape index (κ1) is 12.8. The first-order valence-electron chi connectivity index (χ1n) is 5.22. The molecule has 1 aromatic rings. The van der Waals surface area contributed by atoms with Gasteiger partial charge in [-0.2, -0.15) is 0 Å². The number of hydrogen-bond acceptors (Lipinski definition) is 1. The fraction of sp³-hybridized carbons (Fsp3) is 0.308. The third-order valence-electron chi connectivity index (χ3n) is 2.45. The second-order valence-electron chi connectivity index (χ2n) is 3.54. The highest BCUT2D eigenvalue weighted by Crippen LogP contribution is 2.20. The number of aliphatic carboxylic acids is 1. The zero-order valence-electron chi connectivity index (χ0n) is 9.19. The van der Waals surface area contributed by atoms with E-state index in [1.807, 2.05) is 37.3 Å². The smallest absolute Gasteiger partial charge is 0.314 e. The largest absolute Gasteiger partial charge is 0.481 e. The third kappa shape index (κ3) is 3.38. The molecule has 0 aromatic heterocycles. The second kappa shape index (κ2) is 6.33. The average Bonchev–Trinajstić information content (AvgIpc) is 2.31. The average molecular weight is 239 g/mol. The van der Waals surface area contributed by atoms with Gasteiger partial charge in [0.2, 0.25) is 0 Å². The van der Waals surface area contributed by atoms with Crippen LogP contribution in [0, 0.1) is 0 Å². The zero-order valence-corrected chi connectivity index (χ0v) is 9.95. The van der Waals surface area contributed by atoms with Crippen molar-refractivity contribution < 1.29 is 9.90 Å². The predicted molar refractivity (Wildman–Crippen MR) is 65.9 cm³/mol. The van der Waals surface area contributed by atoms with Crippen LogP contribution >= 0.6 is 11.6 Å². The number of rotatable bonds is 5. The van der Waals surface area contributed by atoms with Gasteiger partial charge in [-0.15, -0.1) is 11.6 Å². The molecule has 0 saturated carbocycles. The van der Waals surface area contributed by atoms with Gasteiger partial charge in [0.15, 0.2) is 0 Å². The van der Waals surface area contributed by atoms with Gasteiger partial charge in [0.25, 0.3) is 0 Å². The van der Waals surface area contributed by atoms with E-state index in [1.165, 1.54) is 0 Å². The van der Waals surface area contributed by atoms with Gasteiger partial charge in [-0.3, -0.25) is 4.79 Å². The lowest BCUT2D eigenvalue weighted by atomic mass is 9.96. The van der Waals surface area contributed by atoms with Crippen LogP contribution in [0.4, 0.5) is 0 Å². The first-order chi connectivity index (χ1) is 7.69. The van der Waals surface area contributed by atoms with Gasteiger partial charge < -0.3 is 5.11 Å². The molecule has 2 nitrogen and oxygen atoms in total. The van der Waals surface area contributed by atoms with Crippen LogP contribution in [0.1, 0.15) is 24.8 Å². The summed E-state index contributed by atoms with van der Waals surface area (Å²) in [6.45, 7) is 1.97. The number of allylic oxidation sites excluding steroid dienone is 1. The van der Waals surface area contributed by atoms with E-state index in [4.69, 9.17) is 11.6 Å². The summed E-state index contributed by atoms with van der Waals surface area (Å²) in [6, 6.07) is 9.18. The van der Waals surface area contributed by atoms with Crippen LogP contribution in [-0.4, -0.2) is 17.0 Å². The summed E-state index contributed by atoms with van der Waals surface area (Å²) in [5.74, 6) is -1.07. The molecule has 0 bridgehead atoms. The number of halogens is 1. The quantitative estimate of drug-likeness (QED) is 0.630. The van der Waals surface area contributed by atoms with Crippen molar-refractivity contribution in [3.63, 3.8) is 0 Å². The molecule has 0 saturated heterocycles. The Bertz CT molecular complexity index is 365. The Kier molecular flexibility index (Phi) is 5.06. The molecule has 0 fully saturated rings. The van der Waals surface area contributed by atoms with E-state index >= 15 is 0 Å². The molecule has 16 heavy (non-hydrogen) atoms. The van der Waals surface area contributed by atoms with E-state index in [9.17, 15) is 9.90 Å². The number of alkyl halides is 1. The minimum atomic E-state index is -0.845. The lowest BCUT2D eigenvalue weighted by Crippen LogP contribution is -2.10. The van der Waals surface area contributed by atoms with E-state index in [0.29, 0.717) is 5.88 Å². The molecule has 1 N–H and O–H groups in total. The number of carboxylic acids is 1. The summed E-state index contributed by atoms with van der Waals surface area (Å²) in [6.07, 6.45) is 2.52.